The van der Waals surface area contributed by atoms with Crippen LogP contribution in [0.1, 0.15) is 0 Å². The zero-order chi connectivity index (χ0) is 13.9. The Bertz CT molecular complexity index is 629. The maximum Gasteiger partial charge on any atom is 0.163 e. The van der Waals surface area contributed by atoms with Gasteiger partial charge in [-0.15, -0.1) is 0 Å². The van der Waals surface area contributed by atoms with Crippen molar-refractivity contribution in [3.05, 3.63) is 36.4 Å². The highest BCUT2D eigenvalue weighted by molar-refractivity contribution is 5.68. The first-order valence-corrected chi connectivity index (χ1v) is 6.36. The summed E-state index contributed by atoms with van der Waals surface area (Å²) in [5.41, 5.74) is 8.24. The lowest BCUT2D eigenvalue weighted by Gasteiger charge is -2.19. The van der Waals surface area contributed by atoms with Gasteiger partial charge in [0.25, 0.3) is 0 Å². The molecule has 0 fully saturated rings. The van der Waals surface area contributed by atoms with Gasteiger partial charge in [0, 0.05) is 35.3 Å². The molecule has 20 heavy (non-hydrogen) atoms. The van der Waals surface area contributed by atoms with Gasteiger partial charge in [-0.2, -0.15) is 0 Å². The van der Waals surface area contributed by atoms with Crippen LogP contribution in [0.25, 0.3) is 0 Å². The molecule has 5 heteroatoms. The molecule has 0 saturated heterocycles. The molecule has 0 spiro atoms. The second-order valence-corrected chi connectivity index (χ2v) is 4.48. The number of nitrogens with one attached hydrogen (secondary N) is 1. The molecule has 3 N–H and O–H groups in total. The van der Waals surface area contributed by atoms with Crippen molar-refractivity contribution in [3.63, 3.8) is 0 Å². The van der Waals surface area contributed by atoms with E-state index in [1.54, 1.807) is 13.2 Å². The zero-order valence-corrected chi connectivity index (χ0v) is 11.2. The molecule has 1 aliphatic rings. The molecule has 2 aromatic rings. The number of anilines is 3. The molecule has 1 heterocycles. The molecular formula is C15H16N2O3. The highest BCUT2D eigenvalue weighted by Gasteiger charge is 2.11. The Morgan fingerprint density at radius 3 is 2.60 bits per heavy atom. The predicted molar refractivity (Wildman–Crippen MR) is 78.1 cm³/mol. The predicted octanol–water partition coefficient (Wildman–Crippen LogP) is 2.79. The fourth-order valence-corrected chi connectivity index (χ4v) is 2.10. The van der Waals surface area contributed by atoms with Crippen molar-refractivity contribution in [2.45, 2.75) is 0 Å². The van der Waals surface area contributed by atoms with Crippen LogP contribution in [-0.4, -0.2) is 20.3 Å². The molecule has 0 saturated carbocycles. The Kier molecular flexibility index (Phi) is 3.25. The summed E-state index contributed by atoms with van der Waals surface area (Å²) in [6.45, 7) is 1.16. The Morgan fingerprint density at radius 2 is 1.80 bits per heavy atom. The molecule has 1 aliphatic heterocycles. The van der Waals surface area contributed by atoms with Gasteiger partial charge in [0.1, 0.15) is 19.0 Å². The number of methoxy groups -OCH3 is 1. The fourth-order valence-electron chi connectivity index (χ4n) is 2.10. The van der Waals surface area contributed by atoms with E-state index in [1.807, 2.05) is 30.3 Å². The van der Waals surface area contributed by atoms with Gasteiger partial charge in [-0.05, 0) is 18.2 Å². The molecular weight excluding hydrogens is 256 g/mol. The monoisotopic (exact) mass is 272 g/mol. The maximum absolute atomic E-state index is 5.83. The molecule has 0 atom stereocenters. The second-order valence-electron chi connectivity index (χ2n) is 4.48. The molecule has 2 aromatic carbocycles. The second kappa shape index (κ2) is 5.21. The third kappa shape index (κ3) is 2.56. The molecule has 0 bridgehead atoms. The molecule has 3 rings (SSSR count). The lowest BCUT2D eigenvalue weighted by atomic mass is 10.2. The average molecular weight is 272 g/mol. The minimum atomic E-state index is 0.572. The van der Waals surface area contributed by atoms with Crippen LogP contribution in [0.4, 0.5) is 17.1 Å². The number of ether oxygens (including phenoxy) is 3. The summed E-state index contributed by atoms with van der Waals surface area (Å²) in [7, 11) is 1.61. The number of rotatable bonds is 3. The van der Waals surface area contributed by atoms with E-state index in [0.29, 0.717) is 24.7 Å². The van der Waals surface area contributed by atoms with Crippen LogP contribution >= 0.6 is 0 Å². The summed E-state index contributed by atoms with van der Waals surface area (Å²) in [6.07, 6.45) is 0. The summed E-state index contributed by atoms with van der Waals surface area (Å²) >= 11 is 0. The highest BCUT2D eigenvalue weighted by Crippen LogP contribution is 2.34. The SMILES string of the molecule is COc1cc(N)cc(Nc2ccc3c(c2)OCCO3)c1. The van der Waals surface area contributed by atoms with Crippen molar-refractivity contribution < 1.29 is 14.2 Å². The van der Waals surface area contributed by atoms with E-state index < -0.39 is 0 Å². The lowest BCUT2D eigenvalue weighted by molar-refractivity contribution is 0.171. The van der Waals surface area contributed by atoms with Gasteiger partial charge in [0.2, 0.25) is 0 Å². The molecule has 0 aliphatic carbocycles. The minimum absolute atomic E-state index is 0.572. The first-order chi connectivity index (χ1) is 9.74. The van der Waals surface area contributed by atoms with E-state index >= 15 is 0 Å². The fraction of sp³-hybridized carbons (Fsp3) is 0.200. The van der Waals surface area contributed by atoms with Crippen LogP contribution < -0.4 is 25.3 Å². The molecule has 0 aromatic heterocycles. The quantitative estimate of drug-likeness (QED) is 0.841. The first kappa shape index (κ1) is 12.5. The van der Waals surface area contributed by atoms with Crippen LogP contribution in [0, 0.1) is 0 Å². The smallest absolute Gasteiger partial charge is 0.163 e. The van der Waals surface area contributed by atoms with Crippen LogP contribution in [0.3, 0.4) is 0 Å². The molecule has 0 radical (unpaired) electrons. The van der Waals surface area contributed by atoms with E-state index in [2.05, 4.69) is 5.32 Å². The number of hydrogen-bond acceptors (Lipinski definition) is 5. The lowest BCUT2D eigenvalue weighted by Crippen LogP contribution is -2.15. The summed E-state index contributed by atoms with van der Waals surface area (Å²) in [6, 6.07) is 11.2. The van der Waals surface area contributed by atoms with Gasteiger partial charge in [-0.25, -0.2) is 0 Å². The minimum Gasteiger partial charge on any atom is -0.497 e. The van der Waals surface area contributed by atoms with E-state index in [9.17, 15) is 0 Å². The Morgan fingerprint density at radius 1 is 1.00 bits per heavy atom. The van der Waals surface area contributed by atoms with Crippen molar-refractivity contribution >= 4 is 17.1 Å². The summed E-state index contributed by atoms with van der Waals surface area (Å²) < 4.78 is 16.2. The van der Waals surface area contributed by atoms with Crippen molar-refractivity contribution in [1.29, 1.82) is 0 Å². The number of hydrogen-bond donors (Lipinski definition) is 2. The number of nitrogens with two attached hydrogens (primary N) is 1. The third-order valence-electron chi connectivity index (χ3n) is 3.00. The van der Waals surface area contributed by atoms with Crippen LogP contribution in [0.5, 0.6) is 17.2 Å². The van der Waals surface area contributed by atoms with Gasteiger partial charge >= 0.3 is 0 Å². The van der Waals surface area contributed by atoms with Crippen LogP contribution in [0.15, 0.2) is 36.4 Å². The number of fused-ring (bicyclic) bond motifs is 1. The van der Waals surface area contributed by atoms with Crippen molar-refractivity contribution in [3.8, 4) is 17.2 Å². The van der Waals surface area contributed by atoms with Gasteiger partial charge in [0.15, 0.2) is 11.5 Å². The molecule has 0 unspecified atom stereocenters. The van der Waals surface area contributed by atoms with Gasteiger partial charge < -0.3 is 25.3 Å². The summed E-state index contributed by atoms with van der Waals surface area (Å²) in [5, 5.41) is 3.27. The first-order valence-electron chi connectivity index (χ1n) is 6.36. The average Bonchev–Trinajstić information content (AvgIpc) is 2.46. The molecule has 0 amide bonds. The summed E-state index contributed by atoms with van der Waals surface area (Å²) in [5.74, 6) is 2.23. The topological polar surface area (TPSA) is 65.7 Å². The van der Waals surface area contributed by atoms with Gasteiger partial charge in [-0.1, -0.05) is 0 Å². The van der Waals surface area contributed by atoms with Crippen molar-refractivity contribution in [2.75, 3.05) is 31.4 Å². The Labute approximate surface area is 117 Å². The molecule has 104 valence electrons. The standard InChI is InChI=1S/C15H16N2O3/c1-18-13-7-10(16)6-12(8-13)17-11-2-3-14-15(9-11)20-5-4-19-14/h2-3,6-9,17H,4-5,16H2,1H3. The largest absolute Gasteiger partial charge is 0.497 e. The van der Waals surface area contributed by atoms with Crippen LogP contribution in [-0.2, 0) is 0 Å². The normalized spacial score (nSPS) is 12.8. The van der Waals surface area contributed by atoms with Gasteiger partial charge in [-0.3, -0.25) is 0 Å². The third-order valence-corrected chi connectivity index (χ3v) is 3.00. The van der Waals surface area contributed by atoms with Crippen LogP contribution in [0.2, 0.25) is 0 Å². The Balaban J connectivity index is 1.85. The van der Waals surface area contributed by atoms with E-state index in [1.165, 1.54) is 0 Å². The number of benzene rings is 2. The maximum atomic E-state index is 5.83. The van der Waals surface area contributed by atoms with E-state index in [-0.39, 0.29) is 0 Å². The Hall–Kier alpha value is -2.56. The highest BCUT2D eigenvalue weighted by atomic mass is 16.6. The molecule has 5 nitrogen and oxygen atoms in total. The summed E-state index contributed by atoms with van der Waals surface area (Å²) in [4.78, 5) is 0. The van der Waals surface area contributed by atoms with E-state index in [4.69, 9.17) is 19.9 Å². The zero-order valence-electron chi connectivity index (χ0n) is 11.2. The van der Waals surface area contributed by atoms with Crippen molar-refractivity contribution in [1.82, 2.24) is 0 Å². The van der Waals surface area contributed by atoms with E-state index in [0.717, 1.165) is 22.9 Å². The van der Waals surface area contributed by atoms with Crippen molar-refractivity contribution in [2.24, 2.45) is 0 Å². The number of nitrogen functional groups attached to an aromatic ring is 1. The van der Waals surface area contributed by atoms with Gasteiger partial charge in [0.05, 0.1) is 7.11 Å².